The molecule has 0 bridgehead atoms. The molecule has 25 heavy (non-hydrogen) atoms. The van der Waals surface area contributed by atoms with Gasteiger partial charge in [0, 0.05) is 23.3 Å². The minimum atomic E-state index is -1.52. The Kier molecular flexibility index (Phi) is 2.92. The summed E-state index contributed by atoms with van der Waals surface area (Å²) in [6.45, 7) is 3.97. The maximum absolute atomic E-state index is 13.2. The van der Waals surface area contributed by atoms with Crippen LogP contribution in [0.25, 0.3) is 0 Å². The van der Waals surface area contributed by atoms with Gasteiger partial charge in [0.1, 0.15) is 22.8 Å². The number of hydrogen-bond acceptors (Lipinski definition) is 5. The van der Waals surface area contributed by atoms with Crippen LogP contribution in [0.3, 0.4) is 0 Å². The molecule has 1 aromatic carbocycles. The lowest BCUT2D eigenvalue weighted by atomic mass is 9.63. The summed E-state index contributed by atoms with van der Waals surface area (Å²) in [5, 5.41) is 12.6. The van der Waals surface area contributed by atoms with Crippen LogP contribution in [0, 0.1) is 16.7 Å². The molecule has 3 N–H and O–H groups in total. The first-order chi connectivity index (χ1) is 11.8. The van der Waals surface area contributed by atoms with Crippen LogP contribution in [-0.2, 0) is 15.0 Å². The number of para-hydroxylation sites is 1. The first-order valence-electron chi connectivity index (χ1n) is 8.07. The van der Waals surface area contributed by atoms with Crippen LogP contribution in [0.5, 0.6) is 5.75 Å². The average Bonchev–Trinajstić information content (AvgIpc) is 2.79. The van der Waals surface area contributed by atoms with Gasteiger partial charge < -0.3 is 15.8 Å². The number of nitrogens with one attached hydrogen (secondary N) is 1. The van der Waals surface area contributed by atoms with E-state index >= 15 is 0 Å². The van der Waals surface area contributed by atoms with Gasteiger partial charge in [-0.15, -0.1) is 0 Å². The number of ketones is 1. The molecule has 6 heteroatoms. The van der Waals surface area contributed by atoms with Crippen LogP contribution < -0.4 is 15.8 Å². The third kappa shape index (κ3) is 1.84. The Morgan fingerprint density at radius 3 is 2.68 bits per heavy atom. The molecule has 2 heterocycles. The molecular formula is C19H17N3O3. The Balaban J connectivity index is 2.09. The molecule has 3 aliphatic rings. The summed E-state index contributed by atoms with van der Waals surface area (Å²) in [6.07, 6.45) is 0.868. The van der Waals surface area contributed by atoms with E-state index in [1.165, 1.54) is 0 Å². The first kappa shape index (κ1) is 15.5. The number of allylic oxidation sites excluding steroid dienone is 1. The van der Waals surface area contributed by atoms with Crippen molar-refractivity contribution < 1.29 is 14.3 Å². The van der Waals surface area contributed by atoms with Gasteiger partial charge in [-0.3, -0.25) is 9.59 Å². The highest BCUT2D eigenvalue weighted by Crippen LogP contribution is 2.54. The molecule has 0 aromatic heterocycles. The molecular weight excluding hydrogens is 318 g/mol. The minimum absolute atomic E-state index is 0.0262. The molecule has 1 atom stereocenters. The van der Waals surface area contributed by atoms with Crippen molar-refractivity contribution in [3.63, 3.8) is 0 Å². The lowest BCUT2D eigenvalue weighted by Crippen LogP contribution is -2.46. The van der Waals surface area contributed by atoms with Gasteiger partial charge in [-0.25, -0.2) is 0 Å². The molecule has 0 radical (unpaired) electrons. The first-order valence-corrected chi connectivity index (χ1v) is 8.07. The Hall–Kier alpha value is -3.07. The fraction of sp³-hybridized carbons (Fsp3) is 0.316. The van der Waals surface area contributed by atoms with Gasteiger partial charge in [-0.1, -0.05) is 32.0 Å². The lowest BCUT2D eigenvalue weighted by molar-refractivity contribution is -0.124. The Bertz CT molecular complexity index is 949. The topological polar surface area (TPSA) is 105 Å². The molecule has 126 valence electrons. The summed E-state index contributed by atoms with van der Waals surface area (Å²) in [5.41, 5.74) is 5.58. The van der Waals surface area contributed by atoms with E-state index in [1.807, 2.05) is 19.9 Å². The molecule has 0 fully saturated rings. The number of nitriles is 1. The molecule has 1 unspecified atom stereocenters. The van der Waals surface area contributed by atoms with Gasteiger partial charge in [-0.2, -0.15) is 5.26 Å². The normalized spacial score (nSPS) is 26.8. The van der Waals surface area contributed by atoms with Crippen molar-refractivity contribution in [2.75, 3.05) is 0 Å². The molecule has 1 amide bonds. The predicted molar refractivity (Wildman–Crippen MR) is 88.8 cm³/mol. The van der Waals surface area contributed by atoms with Crippen molar-refractivity contribution >= 4 is 11.7 Å². The van der Waals surface area contributed by atoms with E-state index in [9.17, 15) is 14.9 Å². The van der Waals surface area contributed by atoms with E-state index in [4.69, 9.17) is 10.5 Å². The monoisotopic (exact) mass is 335 g/mol. The van der Waals surface area contributed by atoms with Crippen LogP contribution in [0.2, 0.25) is 0 Å². The number of rotatable bonds is 0. The number of nitrogens with zero attached hydrogens (tertiary/aromatic N) is 1. The van der Waals surface area contributed by atoms with E-state index in [0.29, 0.717) is 35.4 Å². The van der Waals surface area contributed by atoms with Crippen molar-refractivity contribution in [3.8, 4) is 11.8 Å². The molecule has 0 saturated heterocycles. The largest absolute Gasteiger partial charge is 0.440 e. The second-order valence-electron chi connectivity index (χ2n) is 7.45. The number of amides is 1. The smallest absolute Gasteiger partial charge is 0.245 e. The van der Waals surface area contributed by atoms with Gasteiger partial charge in [0.15, 0.2) is 5.78 Å². The van der Waals surface area contributed by atoms with E-state index in [2.05, 4.69) is 5.32 Å². The zero-order valence-corrected chi connectivity index (χ0v) is 14.0. The van der Waals surface area contributed by atoms with Gasteiger partial charge in [-0.05, 0) is 17.9 Å². The van der Waals surface area contributed by atoms with Crippen LogP contribution >= 0.6 is 0 Å². The van der Waals surface area contributed by atoms with Gasteiger partial charge in [0.25, 0.3) is 0 Å². The Morgan fingerprint density at radius 2 is 1.96 bits per heavy atom. The minimum Gasteiger partial charge on any atom is -0.440 e. The number of carbonyl (C=O) groups excluding carboxylic acids is 2. The van der Waals surface area contributed by atoms with E-state index < -0.39 is 11.3 Å². The molecule has 0 saturated carbocycles. The molecule has 1 aromatic rings. The summed E-state index contributed by atoms with van der Waals surface area (Å²) >= 11 is 0. The zero-order valence-electron chi connectivity index (χ0n) is 14.0. The van der Waals surface area contributed by atoms with E-state index in [0.717, 1.165) is 0 Å². The fourth-order valence-corrected chi connectivity index (χ4v) is 4.20. The Morgan fingerprint density at radius 1 is 1.24 bits per heavy atom. The molecule has 4 rings (SSSR count). The highest BCUT2D eigenvalue weighted by molar-refractivity contribution is 6.15. The van der Waals surface area contributed by atoms with Crippen LogP contribution in [0.4, 0.5) is 0 Å². The summed E-state index contributed by atoms with van der Waals surface area (Å²) in [5.74, 6) is -0.302. The van der Waals surface area contributed by atoms with Crippen molar-refractivity contribution in [1.29, 1.82) is 5.26 Å². The van der Waals surface area contributed by atoms with E-state index in [-0.39, 0.29) is 22.7 Å². The van der Waals surface area contributed by atoms with Crippen LogP contribution in [0.1, 0.15) is 32.3 Å². The van der Waals surface area contributed by atoms with Gasteiger partial charge >= 0.3 is 0 Å². The van der Waals surface area contributed by atoms with Gasteiger partial charge in [0.05, 0.1) is 0 Å². The molecule has 6 nitrogen and oxygen atoms in total. The highest BCUT2D eigenvalue weighted by Gasteiger charge is 2.61. The maximum atomic E-state index is 13.2. The fourth-order valence-electron chi connectivity index (χ4n) is 4.20. The molecule has 1 aliphatic carbocycles. The number of fused-ring (bicyclic) bond motifs is 3. The highest BCUT2D eigenvalue weighted by atomic mass is 16.5. The number of Topliss-reactive ketones (excluding diaryl/α,β-unsaturated/α-hetero) is 1. The summed E-state index contributed by atoms with van der Waals surface area (Å²) in [6, 6.07) is 8.91. The van der Waals surface area contributed by atoms with Crippen molar-refractivity contribution in [1.82, 2.24) is 5.32 Å². The van der Waals surface area contributed by atoms with Crippen LogP contribution in [0.15, 0.2) is 47.0 Å². The average molecular weight is 335 g/mol. The van der Waals surface area contributed by atoms with E-state index in [1.54, 1.807) is 24.3 Å². The van der Waals surface area contributed by atoms with Crippen LogP contribution in [-0.4, -0.2) is 11.7 Å². The van der Waals surface area contributed by atoms with Crippen molar-refractivity contribution in [2.45, 2.75) is 32.1 Å². The number of benzene rings is 1. The van der Waals surface area contributed by atoms with Crippen molar-refractivity contribution in [3.05, 3.63) is 52.6 Å². The SMILES string of the molecule is CC1(C)CC(=O)C2=C(C1)NC(=O)C21C(C#N)=C(N)Oc2ccccc21. The summed E-state index contributed by atoms with van der Waals surface area (Å²) in [7, 11) is 0. The molecule has 2 aliphatic heterocycles. The maximum Gasteiger partial charge on any atom is 0.245 e. The number of hydrogen-bond donors (Lipinski definition) is 2. The van der Waals surface area contributed by atoms with Gasteiger partial charge in [0.2, 0.25) is 11.8 Å². The second-order valence-corrected chi connectivity index (χ2v) is 7.45. The third-order valence-electron chi connectivity index (χ3n) is 5.10. The Labute approximate surface area is 144 Å². The molecule has 1 spiro atoms. The summed E-state index contributed by atoms with van der Waals surface area (Å²) in [4.78, 5) is 26.2. The standard InChI is InChI=1S/C19H17N3O3/c1-18(2)7-12-15(13(23)8-18)19(17(24)22-12)10-5-3-4-6-14(10)25-16(21)11(19)9-20/h3-6H,7-8,21H2,1-2H3,(H,22,24). The lowest BCUT2D eigenvalue weighted by Gasteiger charge is -2.37. The predicted octanol–water partition coefficient (Wildman–Crippen LogP) is 1.78. The zero-order chi connectivity index (χ0) is 18.0. The third-order valence-corrected chi connectivity index (χ3v) is 5.10. The number of carbonyl (C=O) groups is 2. The van der Waals surface area contributed by atoms with Crippen molar-refractivity contribution in [2.24, 2.45) is 11.1 Å². The quantitative estimate of drug-likeness (QED) is 0.752. The summed E-state index contributed by atoms with van der Waals surface area (Å²) < 4.78 is 5.55. The number of nitrogens with two attached hydrogens (primary N) is 1. The number of ether oxygens (including phenoxy) is 1. The second kappa shape index (κ2) is 4.73.